The van der Waals surface area contributed by atoms with E-state index >= 15 is 0 Å². The van der Waals surface area contributed by atoms with Gasteiger partial charge in [0.2, 0.25) is 0 Å². The van der Waals surface area contributed by atoms with Crippen LogP contribution in [0.15, 0.2) is 84.9 Å². The molecule has 0 saturated carbocycles. The van der Waals surface area contributed by atoms with Crippen molar-refractivity contribution < 1.29 is 0 Å². The van der Waals surface area contributed by atoms with E-state index in [4.69, 9.17) is 33.2 Å². The summed E-state index contributed by atoms with van der Waals surface area (Å²) in [6.07, 6.45) is 16.1. The molecule has 0 bridgehead atoms. The van der Waals surface area contributed by atoms with Crippen LogP contribution in [0.2, 0.25) is 10.0 Å². The lowest BCUT2D eigenvalue weighted by Gasteiger charge is -2.39. The molecule has 0 radical (unpaired) electrons. The number of piperidine rings is 2. The number of nitrogens with zero attached hydrogens (tertiary/aromatic N) is 6. The number of imidazole rings is 2. The molecule has 0 unspecified atom stereocenters. The van der Waals surface area contributed by atoms with Crippen molar-refractivity contribution in [2.24, 2.45) is 0 Å². The fourth-order valence-corrected chi connectivity index (χ4v) is 10.3. The first-order valence-electron chi connectivity index (χ1n) is 22.0. The molecule has 4 fully saturated rings. The Kier molecular flexibility index (Phi) is 12.5. The summed E-state index contributed by atoms with van der Waals surface area (Å²) in [5, 5.41) is 1.49. The number of aromatic amines is 2. The van der Waals surface area contributed by atoms with Crippen molar-refractivity contribution in [3.8, 4) is 22.8 Å². The molecule has 6 heterocycles. The molecule has 8 nitrogen and oxygen atoms in total. The summed E-state index contributed by atoms with van der Waals surface area (Å²) in [5.41, 5.74) is 8.50. The molecule has 4 aliphatic rings. The van der Waals surface area contributed by atoms with Crippen LogP contribution in [-0.2, 0) is 0 Å². The van der Waals surface area contributed by atoms with Gasteiger partial charge in [-0.05, 0) is 138 Å². The van der Waals surface area contributed by atoms with Gasteiger partial charge in [0.25, 0.3) is 0 Å². The van der Waals surface area contributed by atoms with Gasteiger partial charge in [0, 0.05) is 60.8 Å². The zero-order valence-corrected chi connectivity index (χ0v) is 35.3. The minimum absolute atomic E-state index is 0.743. The van der Waals surface area contributed by atoms with Crippen LogP contribution in [0.4, 0.5) is 11.4 Å². The largest absolute Gasteiger partial charge is 0.371 e. The van der Waals surface area contributed by atoms with E-state index in [9.17, 15) is 0 Å². The fraction of sp³-hybridized carbons (Fsp3) is 0.458. The molecule has 0 atom stereocenters. The number of rotatable bonds is 6. The number of aromatic nitrogens is 4. The number of likely N-dealkylation sites (tertiary alicyclic amines) is 2. The highest BCUT2D eigenvalue weighted by Crippen LogP contribution is 2.35. The van der Waals surface area contributed by atoms with Crippen molar-refractivity contribution in [3.05, 3.63) is 95.0 Å². The maximum Gasteiger partial charge on any atom is 0.140 e. The average Bonchev–Trinajstić information content (AvgIpc) is 3.66. The van der Waals surface area contributed by atoms with Crippen molar-refractivity contribution in [3.63, 3.8) is 0 Å². The van der Waals surface area contributed by atoms with E-state index in [1.807, 2.05) is 48.5 Å². The van der Waals surface area contributed by atoms with Crippen LogP contribution in [-0.4, -0.2) is 94.2 Å². The Morgan fingerprint density at radius 2 is 0.828 bits per heavy atom. The molecular weight excluding hydrogens is 759 g/mol. The number of fused-ring (bicyclic) bond motifs is 2. The molecule has 0 aliphatic carbocycles. The Labute approximate surface area is 353 Å². The Morgan fingerprint density at radius 1 is 0.448 bits per heavy atom. The summed E-state index contributed by atoms with van der Waals surface area (Å²) in [7, 11) is 0. The van der Waals surface area contributed by atoms with Crippen molar-refractivity contribution in [1.29, 1.82) is 0 Å². The molecule has 4 saturated heterocycles. The molecule has 10 heteroatoms. The van der Waals surface area contributed by atoms with Gasteiger partial charge in [-0.25, -0.2) is 9.97 Å². The lowest BCUT2D eigenvalue weighted by molar-refractivity contribution is 0.175. The lowest BCUT2D eigenvalue weighted by atomic mass is 10.0. The molecular formula is C48H58Cl2N8. The summed E-state index contributed by atoms with van der Waals surface area (Å²) >= 11 is 13.1. The van der Waals surface area contributed by atoms with Gasteiger partial charge in [-0.3, -0.25) is 0 Å². The Bertz CT molecular complexity index is 2030. The van der Waals surface area contributed by atoms with Crippen LogP contribution in [0.25, 0.3) is 44.8 Å². The first-order chi connectivity index (χ1) is 28.6. The number of anilines is 2. The highest BCUT2D eigenvalue weighted by molar-refractivity contribution is 6.33. The maximum absolute atomic E-state index is 6.55. The van der Waals surface area contributed by atoms with Crippen molar-refractivity contribution in [2.75, 3.05) is 62.2 Å². The lowest BCUT2D eigenvalue weighted by Crippen LogP contribution is -2.45. The molecule has 2 N–H and O–H groups in total. The van der Waals surface area contributed by atoms with Crippen LogP contribution in [0.1, 0.15) is 77.0 Å². The van der Waals surface area contributed by atoms with E-state index in [1.54, 1.807) is 0 Å². The van der Waals surface area contributed by atoms with Gasteiger partial charge >= 0.3 is 0 Å². The second-order valence-corrected chi connectivity index (χ2v) is 17.7. The maximum atomic E-state index is 6.55. The van der Waals surface area contributed by atoms with E-state index < -0.39 is 0 Å². The fourth-order valence-electron chi connectivity index (χ4n) is 9.84. The van der Waals surface area contributed by atoms with E-state index in [1.165, 1.54) is 115 Å². The van der Waals surface area contributed by atoms with Crippen LogP contribution < -0.4 is 9.80 Å². The number of para-hydroxylation sites is 4. The summed E-state index contributed by atoms with van der Waals surface area (Å²) < 4.78 is 0. The van der Waals surface area contributed by atoms with Crippen LogP contribution >= 0.6 is 23.2 Å². The number of nitrogens with one attached hydrogen (secondary N) is 2. The molecule has 304 valence electrons. The smallest absolute Gasteiger partial charge is 0.140 e. The number of halogens is 2. The van der Waals surface area contributed by atoms with Crippen molar-refractivity contribution in [1.82, 2.24) is 29.7 Å². The number of benzene rings is 4. The Hall–Kier alpha value is -4.08. The molecule has 0 spiro atoms. The van der Waals surface area contributed by atoms with Crippen LogP contribution in [0, 0.1) is 0 Å². The van der Waals surface area contributed by atoms with Gasteiger partial charge in [0.05, 0.1) is 32.1 Å². The Morgan fingerprint density at radius 3 is 1.21 bits per heavy atom. The average molecular weight is 818 g/mol. The molecule has 4 aliphatic heterocycles. The SMILES string of the molecule is Clc1ccc(N2CCC(N3CCCCCC3)CC2)cc1-c1nc2ccccc2[nH]1.Clc1ccc(N2CCC(N3CCCCCC3)CC2)cc1-c1nc2ccccc2[nH]1. The minimum Gasteiger partial charge on any atom is -0.371 e. The number of hydrogen-bond acceptors (Lipinski definition) is 6. The zero-order chi connectivity index (χ0) is 39.3. The van der Waals surface area contributed by atoms with Gasteiger partial charge in [-0.1, -0.05) is 73.2 Å². The normalized spacial score (nSPS) is 19.6. The minimum atomic E-state index is 0.743. The molecule has 0 amide bonds. The van der Waals surface area contributed by atoms with Gasteiger partial charge < -0.3 is 29.6 Å². The molecule has 10 rings (SSSR count). The third-order valence-corrected chi connectivity index (χ3v) is 13.8. The quantitative estimate of drug-likeness (QED) is 0.174. The van der Waals surface area contributed by atoms with Crippen LogP contribution in [0.3, 0.4) is 0 Å². The third-order valence-electron chi connectivity index (χ3n) is 13.2. The summed E-state index contributed by atoms with van der Waals surface area (Å²) in [5.74, 6) is 1.69. The molecule has 6 aromatic rings. The topological polar surface area (TPSA) is 70.3 Å². The zero-order valence-electron chi connectivity index (χ0n) is 33.8. The van der Waals surface area contributed by atoms with E-state index in [0.29, 0.717) is 0 Å². The standard InChI is InChI=1S/2C24H29ClN4/c2*25-21-10-9-19(17-20(21)24-26-22-7-3-4-8-23(22)27-24)29-15-11-18(12-16-29)28-13-5-1-2-6-14-28/h2*3-4,7-10,17-18H,1-2,5-6,11-16H2,(H,26,27). The summed E-state index contributed by atoms with van der Waals surface area (Å²) in [4.78, 5) is 26.9. The predicted octanol–water partition coefficient (Wildman–Crippen LogP) is 11.5. The first-order valence-corrected chi connectivity index (χ1v) is 22.8. The number of H-pyrrole nitrogens is 2. The van der Waals surface area contributed by atoms with Gasteiger partial charge in [0.15, 0.2) is 0 Å². The molecule has 58 heavy (non-hydrogen) atoms. The van der Waals surface area contributed by atoms with Gasteiger partial charge in [-0.15, -0.1) is 0 Å². The predicted molar refractivity (Wildman–Crippen MR) is 244 cm³/mol. The van der Waals surface area contributed by atoms with Crippen molar-refractivity contribution >= 4 is 56.6 Å². The molecule has 4 aromatic carbocycles. The second-order valence-electron chi connectivity index (χ2n) is 16.9. The van der Waals surface area contributed by atoms with E-state index in [0.717, 1.165) is 93.2 Å². The van der Waals surface area contributed by atoms with Gasteiger partial charge in [0.1, 0.15) is 11.6 Å². The number of hydrogen-bond donors (Lipinski definition) is 2. The summed E-state index contributed by atoms with van der Waals surface area (Å²) in [6.45, 7) is 9.63. The first kappa shape index (κ1) is 39.4. The van der Waals surface area contributed by atoms with E-state index in [-0.39, 0.29) is 0 Å². The van der Waals surface area contributed by atoms with E-state index in [2.05, 4.69) is 66.0 Å². The molecule has 2 aromatic heterocycles. The summed E-state index contributed by atoms with van der Waals surface area (Å²) in [6, 6.07) is 30.5. The monoisotopic (exact) mass is 816 g/mol. The van der Waals surface area contributed by atoms with Gasteiger partial charge in [-0.2, -0.15) is 0 Å². The Balaban J connectivity index is 0.000000150. The second kappa shape index (κ2) is 18.5. The third kappa shape index (κ3) is 9.06. The van der Waals surface area contributed by atoms with Crippen LogP contribution in [0.5, 0.6) is 0 Å². The van der Waals surface area contributed by atoms with Crippen molar-refractivity contribution in [2.45, 2.75) is 89.1 Å². The highest BCUT2D eigenvalue weighted by atomic mass is 35.5. The highest BCUT2D eigenvalue weighted by Gasteiger charge is 2.27.